The average Bonchev–Trinajstić information content (AvgIpc) is 3.09. The first-order valence-corrected chi connectivity index (χ1v) is 8.80. The number of ether oxygens (including phenoxy) is 1. The lowest BCUT2D eigenvalue weighted by atomic mass is 10.1. The summed E-state index contributed by atoms with van der Waals surface area (Å²) in [6, 6.07) is 13.2. The second kappa shape index (κ2) is 8.40. The van der Waals surface area contributed by atoms with E-state index in [1.807, 2.05) is 0 Å². The van der Waals surface area contributed by atoms with Gasteiger partial charge in [0.15, 0.2) is 5.13 Å². The second-order valence-electron chi connectivity index (χ2n) is 5.51. The second-order valence-corrected chi connectivity index (χ2v) is 6.63. The molecule has 4 nitrogen and oxygen atoms in total. The Morgan fingerprint density at radius 1 is 1.19 bits per heavy atom. The zero-order chi connectivity index (χ0) is 18.4. The monoisotopic (exact) mass is 368 g/mol. The molecule has 1 amide bonds. The molecule has 0 fully saturated rings. The number of halogens is 1. The van der Waals surface area contributed by atoms with E-state index in [2.05, 4.69) is 16.9 Å². The Morgan fingerprint density at radius 3 is 2.62 bits per heavy atom. The van der Waals surface area contributed by atoms with Crippen LogP contribution in [0.3, 0.4) is 0 Å². The number of rotatable bonds is 7. The highest BCUT2D eigenvalue weighted by Crippen LogP contribution is 2.22. The van der Waals surface area contributed by atoms with Crippen molar-refractivity contribution in [3.05, 3.63) is 89.2 Å². The zero-order valence-electron chi connectivity index (χ0n) is 13.9. The summed E-state index contributed by atoms with van der Waals surface area (Å²) in [4.78, 5) is 17.5. The van der Waals surface area contributed by atoms with E-state index in [0.29, 0.717) is 29.5 Å². The van der Waals surface area contributed by atoms with E-state index in [1.54, 1.807) is 48.7 Å². The molecule has 2 aromatic carbocycles. The molecule has 0 aliphatic rings. The van der Waals surface area contributed by atoms with Gasteiger partial charge >= 0.3 is 0 Å². The van der Waals surface area contributed by atoms with Crippen LogP contribution in [0.25, 0.3) is 0 Å². The van der Waals surface area contributed by atoms with Crippen molar-refractivity contribution in [3.63, 3.8) is 0 Å². The van der Waals surface area contributed by atoms with Gasteiger partial charge in [0.05, 0.1) is 0 Å². The predicted molar refractivity (Wildman–Crippen MR) is 101 cm³/mol. The summed E-state index contributed by atoms with van der Waals surface area (Å²) < 4.78 is 18.3. The average molecular weight is 368 g/mol. The largest absolute Gasteiger partial charge is 0.490 e. The highest BCUT2D eigenvalue weighted by Gasteiger charge is 2.10. The van der Waals surface area contributed by atoms with Gasteiger partial charge in [0.25, 0.3) is 5.91 Å². The first-order chi connectivity index (χ1) is 12.6. The van der Waals surface area contributed by atoms with Crippen molar-refractivity contribution >= 4 is 22.4 Å². The highest BCUT2D eigenvalue weighted by atomic mass is 32.1. The maximum absolute atomic E-state index is 13.0. The number of thiazole rings is 1. The lowest BCUT2D eigenvalue weighted by molar-refractivity contribution is 0.102. The summed E-state index contributed by atoms with van der Waals surface area (Å²) in [6.45, 7) is 4.01. The molecule has 1 heterocycles. The van der Waals surface area contributed by atoms with Crippen LogP contribution in [0, 0.1) is 5.82 Å². The van der Waals surface area contributed by atoms with Gasteiger partial charge in [-0.25, -0.2) is 9.37 Å². The Labute approximate surface area is 155 Å². The Bertz CT molecular complexity index is 889. The molecule has 132 valence electrons. The van der Waals surface area contributed by atoms with Crippen molar-refractivity contribution in [1.29, 1.82) is 0 Å². The van der Waals surface area contributed by atoms with E-state index in [-0.39, 0.29) is 11.7 Å². The molecule has 0 bridgehead atoms. The van der Waals surface area contributed by atoms with E-state index >= 15 is 0 Å². The lowest BCUT2D eigenvalue weighted by Gasteiger charge is -2.05. The number of nitrogens with one attached hydrogen (secondary N) is 1. The first kappa shape index (κ1) is 17.8. The van der Waals surface area contributed by atoms with Crippen molar-refractivity contribution in [2.24, 2.45) is 0 Å². The van der Waals surface area contributed by atoms with Gasteiger partial charge in [-0.1, -0.05) is 24.8 Å². The van der Waals surface area contributed by atoms with Crippen LogP contribution in [-0.4, -0.2) is 17.5 Å². The van der Waals surface area contributed by atoms with E-state index in [0.717, 1.165) is 10.4 Å². The van der Waals surface area contributed by atoms with Crippen LogP contribution < -0.4 is 10.1 Å². The molecule has 0 aliphatic carbocycles. The number of carbonyl (C=O) groups excluding carboxylic acids is 1. The molecule has 0 saturated carbocycles. The fourth-order valence-corrected chi connectivity index (χ4v) is 3.12. The quantitative estimate of drug-likeness (QED) is 0.616. The number of hydrogen-bond acceptors (Lipinski definition) is 4. The normalized spacial score (nSPS) is 10.3. The molecule has 0 aliphatic heterocycles. The van der Waals surface area contributed by atoms with Gasteiger partial charge in [0, 0.05) is 23.1 Å². The van der Waals surface area contributed by atoms with E-state index in [9.17, 15) is 9.18 Å². The van der Waals surface area contributed by atoms with Gasteiger partial charge in [-0.2, -0.15) is 0 Å². The third-order valence-electron chi connectivity index (χ3n) is 3.55. The first-order valence-electron chi connectivity index (χ1n) is 7.98. The lowest BCUT2D eigenvalue weighted by Crippen LogP contribution is -2.11. The van der Waals surface area contributed by atoms with Crippen molar-refractivity contribution < 1.29 is 13.9 Å². The van der Waals surface area contributed by atoms with Crippen LogP contribution in [0.1, 0.15) is 20.8 Å². The van der Waals surface area contributed by atoms with E-state index in [4.69, 9.17) is 4.74 Å². The predicted octanol–water partition coefficient (Wildman–Crippen LogP) is 4.69. The van der Waals surface area contributed by atoms with E-state index in [1.165, 1.54) is 23.5 Å². The van der Waals surface area contributed by atoms with Crippen LogP contribution >= 0.6 is 11.3 Å². The molecule has 0 spiro atoms. The van der Waals surface area contributed by atoms with Crippen LogP contribution in [-0.2, 0) is 6.42 Å². The topological polar surface area (TPSA) is 51.2 Å². The van der Waals surface area contributed by atoms with E-state index < -0.39 is 0 Å². The third-order valence-corrected chi connectivity index (χ3v) is 4.46. The Morgan fingerprint density at radius 2 is 1.92 bits per heavy atom. The number of benzene rings is 2. The molecule has 0 atom stereocenters. The molecule has 0 radical (unpaired) electrons. The highest BCUT2D eigenvalue weighted by molar-refractivity contribution is 7.15. The molecular weight excluding hydrogens is 351 g/mol. The summed E-state index contributed by atoms with van der Waals surface area (Å²) in [7, 11) is 0. The van der Waals surface area contributed by atoms with Crippen LogP contribution in [0.5, 0.6) is 5.75 Å². The molecule has 1 aromatic heterocycles. The van der Waals surface area contributed by atoms with Crippen molar-refractivity contribution in [2.45, 2.75) is 6.42 Å². The molecule has 3 rings (SSSR count). The zero-order valence-corrected chi connectivity index (χ0v) is 14.8. The molecule has 26 heavy (non-hydrogen) atoms. The van der Waals surface area contributed by atoms with Gasteiger partial charge in [-0.15, -0.1) is 11.3 Å². The Hall–Kier alpha value is -2.99. The number of anilines is 1. The molecule has 0 unspecified atom stereocenters. The Kier molecular flexibility index (Phi) is 5.76. The number of amides is 1. The maximum Gasteiger partial charge on any atom is 0.257 e. The Balaban J connectivity index is 1.60. The summed E-state index contributed by atoms with van der Waals surface area (Å²) in [6.07, 6.45) is 4.02. The number of aromatic nitrogens is 1. The maximum atomic E-state index is 13.0. The SMILES string of the molecule is C=CCOc1ccc(C(=O)Nc2ncc(Cc3ccc(F)cc3)s2)cc1. The summed E-state index contributed by atoms with van der Waals surface area (Å²) in [5.41, 5.74) is 1.51. The van der Waals surface area contributed by atoms with Crippen LogP contribution in [0.15, 0.2) is 67.4 Å². The van der Waals surface area contributed by atoms with Gasteiger partial charge in [-0.3, -0.25) is 10.1 Å². The molecule has 1 N–H and O–H groups in total. The smallest absolute Gasteiger partial charge is 0.257 e. The van der Waals surface area contributed by atoms with Gasteiger partial charge in [0.1, 0.15) is 18.2 Å². The minimum atomic E-state index is -0.257. The molecular formula is C20H17FN2O2S. The minimum Gasteiger partial charge on any atom is -0.490 e. The van der Waals surface area contributed by atoms with Crippen molar-refractivity contribution in [2.75, 3.05) is 11.9 Å². The summed E-state index contributed by atoms with van der Waals surface area (Å²) in [5, 5.41) is 3.31. The summed E-state index contributed by atoms with van der Waals surface area (Å²) in [5.74, 6) is 0.187. The molecule has 3 aromatic rings. The fraction of sp³-hybridized carbons (Fsp3) is 0.100. The minimum absolute atomic E-state index is 0.233. The fourth-order valence-electron chi connectivity index (χ4n) is 2.28. The van der Waals surface area contributed by atoms with Gasteiger partial charge in [-0.05, 0) is 42.0 Å². The van der Waals surface area contributed by atoms with Crippen molar-refractivity contribution in [3.8, 4) is 5.75 Å². The van der Waals surface area contributed by atoms with Gasteiger partial charge < -0.3 is 4.74 Å². The summed E-state index contributed by atoms with van der Waals surface area (Å²) >= 11 is 1.40. The standard InChI is InChI=1S/C20H17FN2O2S/c1-2-11-25-17-9-5-15(6-10-17)19(24)23-20-22-13-18(26-20)12-14-3-7-16(21)8-4-14/h2-10,13H,1,11-12H2,(H,22,23,24). The van der Waals surface area contributed by atoms with Crippen LogP contribution in [0.4, 0.5) is 9.52 Å². The van der Waals surface area contributed by atoms with Gasteiger partial charge in [0.2, 0.25) is 0 Å². The van der Waals surface area contributed by atoms with Crippen LogP contribution in [0.2, 0.25) is 0 Å². The number of carbonyl (C=O) groups is 1. The molecule has 6 heteroatoms. The number of nitrogens with zero attached hydrogens (tertiary/aromatic N) is 1. The number of hydrogen-bond donors (Lipinski definition) is 1. The molecule has 0 saturated heterocycles. The van der Waals surface area contributed by atoms with Crippen molar-refractivity contribution in [1.82, 2.24) is 4.98 Å². The third kappa shape index (κ3) is 4.77.